The van der Waals surface area contributed by atoms with Crippen molar-refractivity contribution in [2.24, 2.45) is 0 Å². The van der Waals surface area contributed by atoms with Gasteiger partial charge in [-0.2, -0.15) is 5.10 Å². The van der Waals surface area contributed by atoms with E-state index in [0.29, 0.717) is 5.76 Å². The maximum absolute atomic E-state index is 10.2. The van der Waals surface area contributed by atoms with Gasteiger partial charge in [-0.3, -0.25) is 4.68 Å². The summed E-state index contributed by atoms with van der Waals surface area (Å²) in [6.07, 6.45) is 3.42. The van der Waals surface area contributed by atoms with E-state index < -0.39 is 6.10 Å². The third-order valence-electron chi connectivity index (χ3n) is 2.36. The predicted molar refractivity (Wildman–Crippen MR) is 63.0 cm³/mol. The van der Waals surface area contributed by atoms with Gasteiger partial charge < -0.3 is 9.52 Å². The van der Waals surface area contributed by atoms with E-state index in [1.165, 1.54) is 0 Å². The highest BCUT2D eigenvalue weighted by Crippen LogP contribution is 2.29. The zero-order chi connectivity index (χ0) is 11.5. The number of nitrogens with zero attached hydrogens (tertiary/aromatic N) is 2. The quantitative estimate of drug-likeness (QED) is 0.939. The Morgan fingerprint density at radius 3 is 3.00 bits per heavy atom. The molecular weight excluding hydrogens is 272 g/mol. The van der Waals surface area contributed by atoms with Gasteiger partial charge in [-0.15, -0.1) is 0 Å². The molecule has 1 atom stereocenters. The predicted octanol–water partition coefficient (Wildman–Crippen LogP) is 2.73. The molecule has 1 N–H and O–H groups in total. The summed E-state index contributed by atoms with van der Waals surface area (Å²) in [4.78, 5) is 0. The van der Waals surface area contributed by atoms with Gasteiger partial charge >= 0.3 is 0 Å². The number of hydrogen-bond donors (Lipinski definition) is 1. The van der Waals surface area contributed by atoms with Gasteiger partial charge in [0.05, 0.1) is 16.4 Å². The Bertz CT molecular complexity index is 464. The highest BCUT2D eigenvalue weighted by atomic mass is 79.9. The van der Waals surface area contributed by atoms with Crippen molar-refractivity contribution in [1.82, 2.24) is 9.78 Å². The fourth-order valence-corrected chi connectivity index (χ4v) is 2.03. The molecule has 4 nitrogen and oxygen atoms in total. The number of aryl methyl sites for hydroxylation is 1. The van der Waals surface area contributed by atoms with Crippen LogP contribution in [0.1, 0.15) is 30.9 Å². The molecule has 0 aliphatic heterocycles. The Morgan fingerprint density at radius 2 is 2.38 bits per heavy atom. The summed E-state index contributed by atoms with van der Waals surface area (Å²) in [5, 5.41) is 14.3. The first-order valence-electron chi connectivity index (χ1n) is 5.16. The fraction of sp³-hybridized carbons (Fsp3) is 0.364. The zero-order valence-corrected chi connectivity index (χ0v) is 10.5. The number of aromatic nitrogens is 2. The van der Waals surface area contributed by atoms with Crippen LogP contribution in [0, 0.1) is 0 Å². The molecular formula is C11H13BrN2O2. The maximum Gasteiger partial charge on any atom is 0.154 e. The lowest BCUT2D eigenvalue weighted by Gasteiger charge is -2.11. The second kappa shape index (κ2) is 4.84. The van der Waals surface area contributed by atoms with E-state index in [0.717, 1.165) is 23.1 Å². The first-order valence-corrected chi connectivity index (χ1v) is 5.96. The first-order chi connectivity index (χ1) is 7.74. The van der Waals surface area contributed by atoms with E-state index in [1.807, 2.05) is 0 Å². The number of hydrogen-bond acceptors (Lipinski definition) is 3. The van der Waals surface area contributed by atoms with Crippen molar-refractivity contribution in [2.75, 3.05) is 0 Å². The van der Waals surface area contributed by atoms with Crippen LogP contribution in [0.25, 0.3) is 0 Å². The zero-order valence-electron chi connectivity index (χ0n) is 8.93. The number of rotatable bonds is 4. The van der Waals surface area contributed by atoms with Gasteiger partial charge in [0.25, 0.3) is 0 Å². The van der Waals surface area contributed by atoms with E-state index in [-0.39, 0.29) is 0 Å². The SMILES string of the molecule is CCCn1nccc1C(O)c1occc1Br. The summed E-state index contributed by atoms with van der Waals surface area (Å²) in [7, 11) is 0. The average molecular weight is 285 g/mol. The standard InChI is InChI=1S/C11H13BrN2O2/c1-2-6-14-9(3-5-13-14)10(15)11-8(12)4-7-16-11/h3-5,7,10,15H,2,6H2,1H3. The topological polar surface area (TPSA) is 51.2 Å². The summed E-state index contributed by atoms with van der Waals surface area (Å²) in [5.41, 5.74) is 0.748. The van der Waals surface area contributed by atoms with Crippen LogP contribution in [-0.2, 0) is 6.54 Å². The molecule has 0 fully saturated rings. The van der Waals surface area contributed by atoms with Crippen LogP contribution in [0.3, 0.4) is 0 Å². The van der Waals surface area contributed by atoms with E-state index in [4.69, 9.17) is 4.42 Å². The monoisotopic (exact) mass is 284 g/mol. The van der Waals surface area contributed by atoms with Crippen LogP contribution < -0.4 is 0 Å². The summed E-state index contributed by atoms with van der Waals surface area (Å²) >= 11 is 3.33. The maximum atomic E-state index is 10.2. The van der Waals surface area contributed by atoms with Crippen LogP contribution in [0.15, 0.2) is 33.5 Å². The number of aliphatic hydroxyl groups is 1. The van der Waals surface area contributed by atoms with Crippen LogP contribution in [0.2, 0.25) is 0 Å². The molecule has 16 heavy (non-hydrogen) atoms. The van der Waals surface area contributed by atoms with Gasteiger partial charge in [0.2, 0.25) is 0 Å². The van der Waals surface area contributed by atoms with Crippen LogP contribution in [-0.4, -0.2) is 14.9 Å². The van der Waals surface area contributed by atoms with Crippen molar-refractivity contribution < 1.29 is 9.52 Å². The molecule has 0 bridgehead atoms. The molecule has 2 aromatic rings. The summed E-state index contributed by atoms with van der Waals surface area (Å²) in [5.74, 6) is 0.512. The highest BCUT2D eigenvalue weighted by Gasteiger charge is 2.20. The third-order valence-corrected chi connectivity index (χ3v) is 3.01. The molecule has 2 heterocycles. The second-order valence-corrected chi connectivity index (χ2v) is 4.37. The molecule has 0 saturated heterocycles. The van der Waals surface area contributed by atoms with Gasteiger partial charge in [0.15, 0.2) is 11.9 Å². The smallest absolute Gasteiger partial charge is 0.154 e. The normalized spacial score (nSPS) is 12.9. The van der Waals surface area contributed by atoms with Crippen molar-refractivity contribution >= 4 is 15.9 Å². The Kier molecular flexibility index (Phi) is 3.46. The van der Waals surface area contributed by atoms with Crippen molar-refractivity contribution in [3.05, 3.63) is 40.5 Å². The van der Waals surface area contributed by atoms with E-state index >= 15 is 0 Å². The number of aliphatic hydroxyl groups excluding tert-OH is 1. The minimum Gasteiger partial charge on any atom is -0.465 e. The lowest BCUT2D eigenvalue weighted by molar-refractivity contribution is 0.177. The Morgan fingerprint density at radius 1 is 1.56 bits per heavy atom. The Labute approximate surface area is 102 Å². The number of furan rings is 1. The Hall–Kier alpha value is -1.07. The fourth-order valence-electron chi connectivity index (χ4n) is 1.61. The average Bonchev–Trinajstić information content (AvgIpc) is 2.87. The number of halogens is 1. The van der Waals surface area contributed by atoms with Gasteiger partial charge in [0, 0.05) is 12.7 Å². The van der Waals surface area contributed by atoms with Gasteiger partial charge in [-0.05, 0) is 34.5 Å². The van der Waals surface area contributed by atoms with Crippen LogP contribution in [0.5, 0.6) is 0 Å². The molecule has 0 aliphatic rings. The molecule has 1 unspecified atom stereocenters. The minimum absolute atomic E-state index is 0.512. The summed E-state index contributed by atoms with van der Waals surface area (Å²) in [6, 6.07) is 3.56. The van der Waals surface area contributed by atoms with Crippen molar-refractivity contribution in [2.45, 2.75) is 26.0 Å². The van der Waals surface area contributed by atoms with Crippen molar-refractivity contribution in [1.29, 1.82) is 0 Å². The highest BCUT2D eigenvalue weighted by molar-refractivity contribution is 9.10. The molecule has 0 spiro atoms. The molecule has 0 radical (unpaired) electrons. The largest absolute Gasteiger partial charge is 0.465 e. The van der Waals surface area contributed by atoms with Gasteiger partial charge in [0.1, 0.15) is 0 Å². The molecule has 0 saturated carbocycles. The molecule has 86 valence electrons. The van der Waals surface area contributed by atoms with Crippen molar-refractivity contribution in [3.63, 3.8) is 0 Å². The third kappa shape index (κ3) is 2.05. The summed E-state index contributed by atoms with van der Waals surface area (Å²) in [6.45, 7) is 2.86. The molecule has 5 heteroatoms. The molecule has 2 rings (SSSR count). The van der Waals surface area contributed by atoms with Crippen LogP contribution in [0.4, 0.5) is 0 Å². The van der Waals surface area contributed by atoms with Gasteiger partial charge in [-0.25, -0.2) is 0 Å². The molecule has 0 amide bonds. The lowest BCUT2D eigenvalue weighted by Crippen LogP contribution is -2.09. The second-order valence-electron chi connectivity index (χ2n) is 3.51. The molecule has 0 aliphatic carbocycles. The first kappa shape index (κ1) is 11.4. The summed E-state index contributed by atoms with van der Waals surface area (Å²) < 4.78 is 7.80. The van der Waals surface area contributed by atoms with Crippen molar-refractivity contribution in [3.8, 4) is 0 Å². The minimum atomic E-state index is -0.779. The molecule has 0 aromatic carbocycles. The van der Waals surface area contributed by atoms with E-state index in [9.17, 15) is 5.11 Å². The van der Waals surface area contributed by atoms with E-state index in [1.54, 1.807) is 29.3 Å². The van der Waals surface area contributed by atoms with E-state index in [2.05, 4.69) is 28.0 Å². The molecule has 2 aromatic heterocycles. The van der Waals surface area contributed by atoms with Crippen LogP contribution >= 0.6 is 15.9 Å². The Balaban J connectivity index is 2.30. The lowest BCUT2D eigenvalue weighted by atomic mass is 10.2. The van der Waals surface area contributed by atoms with Gasteiger partial charge in [-0.1, -0.05) is 6.92 Å².